The first-order valence-corrected chi connectivity index (χ1v) is 6.03. The third-order valence-corrected chi connectivity index (χ3v) is 3.28. The summed E-state index contributed by atoms with van der Waals surface area (Å²) in [5.74, 6) is 0.260. The number of nitrogens with one attached hydrogen (secondary N) is 1. The van der Waals surface area contributed by atoms with Crippen molar-refractivity contribution in [1.82, 2.24) is 15.1 Å². The average Bonchev–Trinajstić information content (AvgIpc) is 2.31. The zero-order valence-corrected chi connectivity index (χ0v) is 9.95. The topological polar surface area (TPSA) is 44.8 Å². The number of carbonyl (C=O) groups excluding carboxylic acids is 1. The van der Waals surface area contributed by atoms with E-state index in [0.717, 1.165) is 39.3 Å². The van der Waals surface area contributed by atoms with Crippen LogP contribution in [-0.2, 0) is 9.53 Å². The number of likely N-dealkylation sites (N-methyl/N-ethyl adjacent to an activating group) is 1. The van der Waals surface area contributed by atoms with Crippen molar-refractivity contribution in [2.24, 2.45) is 0 Å². The Morgan fingerprint density at radius 1 is 1.38 bits per heavy atom. The number of nitrogens with zero attached hydrogens (tertiary/aromatic N) is 2. The first-order chi connectivity index (χ1) is 7.75. The van der Waals surface area contributed by atoms with Crippen LogP contribution in [-0.4, -0.2) is 74.7 Å². The van der Waals surface area contributed by atoms with E-state index in [-0.39, 0.29) is 11.9 Å². The van der Waals surface area contributed by atoms with Crippen LogP contribution in [0.4, 0.5) is 0 Å². The molecule has 2 aliphatic heterocycles. The van der Waals surface area contributed by atoms with Crippen LogP contribution in [0.15, 0.2) is 0 Å². The second kappa shape index (κ2) is 5.61. The van der Waals surface area contributed by atoms with Gasteiger partial charge in [0.15, 0.2) is 0 Å². The summed E-state index contributed by atoms with van der Waals surface area (Å²) in [6.45, 7) is 5.99. The van der Waals surface area contributed by atoms with Gasteiger partial charge in [0.1, 0.15) is 0 Å². The van der Waals surface area contributed by atoms with E-state index in [9.17, 15) is 4.79 Å². The van der Waals surface area contributed by atoms with Gasteiger partial charge in [-0.05, 0) is 7.05 Å². The van der Waals surface area contributed by atoms with Crippen LogP contribution in [0.25, 0.3) is 0 Å². The largest absolute Gasteiger partial charge is 0.378 e. The molecule has 0 aliphatic carbocycles. The fraction of sp³-hybridized carbons (Fsp3) is 0.909. The van der Waals surface area contributed by atoms with Crippen LogP contribution in [0.2, 0.25) is 0 Å². The first-order valence-electron chi connectivity index (χ1n) is 6.03. The molecule has 92 valence electrons. The van der Waals surface area contributed by atoms with Crippen molar-refractivity contribution in [2.45, 2.75) is 12.5 Å². The standard InChI is InChI=1S/C11H21N3O2/c1-13-3-5-14(6-4-13)11(15)8-10-9-16-7-2-12-10/h10,12H,2-9H2,1H3. The maximum atomic E-state index is 12.0. The molecule has 2 rings (SSSR count). The molecule has 5 heteroatoms. The Morgan fingerprint density at radius 3 is 2.75 bits per heavy atom. The zero-order valence-electron chi connectivity index (χ0n) is 9.95. The fourth-order valence-electron chi connectivity index (χ4n) is 2.15. The van der Waals surface area contributed by atoms with Gasteiger partial charge in [0, 0.05) is 45.2 Å². The summed E-state index contributed by atoms with van der Waals surface area (Å²) in [6.07, 6.45) is 0.573. The maximum Gasteiger partial charge on any atom is 0.224 e. The Bertz CT molecular complexity index is 233. The lowest BCUT2D eigenvalue weighted by Crippen LogP contribution is -2.50. The number of rotatable bonds is 2. The number of hydrogen-bond acceptors (Lipinski definition) is 4. The highest BCUT2D eigenvalue weighted by Crippen LogP contribution is 2.05. The Hall–Kier alpha value is -0.650. The lowest BCUT2D eigenvalue weighted by atomic mass is 10.1. The second-order valence-corrected chi connectivity index (χ2v) is 4.61. The quantitative estimate of drug-likeness (QED) is 0.667. The predicted molar refractivity (Wildman–Crippen MR) is 61.3 cm³/mol. The molecule has 5 nitrogen and oxygen atoms in total. The van der Waals surface area contributed by atoms with Crippen molar-refractivity contribution in [3.8, 4) is 0 Å². The zero-order chi connectivity index (χ0) is 11.4. The van der Waals surface area contributed by atoms with Gasteiger partial charge in [-0.3, -0.25) is 4.79 Å². The molecule has 0 aromatic heterocycles. The summed E-state index contributed by atoms with van der Waals surface area (Å²) in [7, 11) is 2.10. The third-order valence-electron chi connectivity index (χ3n) is 3.28. The van der Waals surface area contributed by atoms with E-state index in [1.165, 1.54) is 0 Å². The smallest absolute Gasteiger partial charge is 0.224 e. The monoisotopic (exact) mass is 227 g/mol. The molecule has 16 heavy (non-hydrogen) atoms. The van der Waals surface area contributed by atoms with Crippen molar-refractivity contribution in [2.75, 3.05) is 53.0 Å². The molecule has 2 saturated heterocycles. The van der Waals surface area contributed by atoms with Crippen molar-refractivity contribution in [3.63, 3.8) is 0 Å². The number of ether oxygens (including phenoxy) is 1. The fourth-order valence-corrected chi connectivity index (χ4v) is 2.15. The van der Waals surface area contributed by atoms with Crippen LogP contribution in [0.5, 0.6) is 0 Å². The summed E-state index contributed by atoms with van der Waals surface area (Å²) in [5.41, 5.74) is 0. The van der Waals surface area contributed by atoms with Crippen molar-refractivity contribution >= 4 is 5.91 Å². The summed E-state index contributed by atoms with van der Waals surface area (Å²) in [6, 6.07) is 0.209. The first kappa shape index (κ1) is 11.8. The van der Waals surface area contributed by atoms with Gasteiger partial charge in [-0.1, -0.05) is 0 Å². The van der Waals surface area contributed by atoms with E-state index in [1.807, 2.05) is 4.90 Å². The molecule has 0 bridgehead atoms. The molecule has 0 aromatic carbocycles. The highest BCUT2D eigenvalue weighted by atomic mass is 16.5. The summed E-state index contributed by atoms with van der Waals surface area (Å²) in [4.78, 5) is 16.2. The van der Waals surface area contributed by atoms with E-state index < -0.39 is 0 Å². The van der Waals surface area contributed by atoms with Gasteiger partial charge in [0.05, 0.1) is 13.2 Å². The molecule has 0 saturated carbocycles. The van der Waals surface area contributed by atoms with Crippen LogP contribution in [0.3, 0.4) is 0 Å². The maximum absolute atomic E-state index is 12.0. The molecular formula is C11H21N3O2. The number of piperazine rings is 1. The molecule has 1 N–H and O–H groups in total. The van der Waals surface area contributed by atoms with Gasteiger partial charge in [0.25, 0.3) is 0 Å². The lowest BCUT2D eigenvalue weighted by molar-refractivity contribution is -0.134. The van der Waals surface area contributed by atoms with E-state index in [2.05, 4.69) is 17.3 Å². The predicted octanol–water partition coefficient (Wildman–Crippen LogP) is -0.861. The molecular weight excluding hydrogens is 206 g/mol. The Morgan fingerprint density at radius 2 is 2.12 bits per heavy atom. The Kier molecular flexibility index (Phi) is 4.15. The molecule has 1 atom stereocenters. The van der Waals surface area contributed by atoms with E-state index >= 15 is 0 Å². The van der Waals surface area contributed by atoms with Gasteiger partial charge in [-0.25, -0.2) is 0 Å². The highest BCUT2D eigenvalue weighted by Gasteiger charge is 2.23. The molecule has 0 radical (unpaired) electrons. The van der Waals surface area contributed by atoms with E-state index in [1.54, 1.807) is 0 Å². The number of amides is 1. The van der Waals surface area contributed by atoms with Crippen LogP contribution in [0, 0.1) is 0 Å². The summed E-state index contributed by atoms with van der Waals surface area (Å²) >= 11 is 0. The van der Waals surface area contributed by atoms with Crippen LogP contribution < -0.4 is 5.32 Å². The summed E-state index contributed by atoms with van der Waals surface area (Å²) < 4.78 is 5.35. The number of carbonyl (C=O) groups is 1. The minimum absolute atomic E-state index is 0.209. The minimum Gasteiger partial charge on any atom is -0.378 e. The molecule has 1 unspecified atom stereocenters. The number of hydrogen-bond donors (Lipinski definition) is 1. The highest BCUT2D eigenvalue weighted by molar-refractivity contribution is 5.77. The van der Waals surface area contributed by atoms with Gasteiger partial charge < -0.3 is 19.9 Å². The Labute approximate surface area is 96.7 Å². The Balaban J connectivity index is 1.74. The molecule has 2 fully saturated rings. The minimum atomic E-state index is 0.209. The van der Waals surface area contributed by atoms with Gasteiger partial charge in [-0.15, -0.1) is 0 Å². The molecule has 0 aromatic rings. The molecule has 1 amide bonds. The third kappa shape index (κ3) is 3.17. The number of morpholine rings is 1. The van der Waals surface area contributed by atoms with Crippen molar-refractivity contribution < 1.29 is 9.53 Å². The van der Waals surface area contributed by atoms with Gasteiger partial charge in [-0.2, -0.15) is 0 Å². The van der Waals surface area contributed by atoms with Gasteiger partial charge >= 0.3 is 0 Å². The second-order valence-electron chi connectivity index (χ2n) is 4.61. The summed E-state index contributed by atoms with van der Waals surface area (Å²) in [5, 5.41) is 3.31. The average molecular weight is 227 g/mol. The SMILES string of the molecule is CN1CCN(C(=O)CC2COCCN2)CC1. The van der Waals surface area contributed by atoms with Gasteiger partial charge in [0.2, 0.25) is 5.91 Å². The normalized spacial score (nSPS) is 28.1. The molecule has 0 spiro atoms. The van der Waals surface area contributed by atoms with Crippen molar-refractivity contribution in [1.29, 1.82) is 0 Å². The van der Waals surface area contributed by atoms with E-state index in [4.69, 9.17) is 4.74 Å². The molecule has 2 aliphatic rings. The van der Waals surface area contributed by atoms with Crippen LogP contribution >= 0.6 is 0 Å². The lowest BCUT2D eigenvalue weighted by Gasteiger charge is -2.34. The van der Waals surface area contributed by atoms with Crippen LogP contribution in [0.1, 0.15) is 6.42 Å². The van der Waals surface area contributed by atoms with Crippen molar-refractivity contribution in [3.05, 3.63) is 0 Å². The van der Waals surface area contributed by atoms with E-state index in [0.29, 0.717) is 13.0 Å². The molecule has 2 heterocycles.